The molecule has 18 heavy (non-hydrogen) atoms. The van der Waals surface area contributed by atoms with E-state index in [1.165, 1.54) is 18.9 Å². The number of carbonyl (C=O) groups excluding carboxylic acids is 1. The molecule has 2 heterocycles. The lowest BCUT2D eigenvalue weighted by Crippen LogP contribution is -2.32. The summed E-state index contributed by atoms with van der Waals surface area (Å²) >= 11 is 0. The highest BCUT2D eigenvalue weighted by atomic mass is 16.3. The van der Waals surface area contributed by atoms with Crippen molar-refractivity contribution < 1.29 is 9.21 Å². The Hall–Kier alpha value is -1.55. The van der Waals surface area contributed by atoms with Crippen LogP contribution in [-0.4, -0.2) is 25.5 Å². The second-order valence-electron chi connectivity index (χ2n) is 4.64. The van der Waals surface area contributed by atoms with Gasteiger partial charge in [-0.25, -0.2) is 0 Å². The van der Waals surface area contributed by atoms with Crippen molar-refractivity contribution in [1.82, 2.24) is 10.6 Å². The van der Waals surface area contributed by atoms with E-state index in [1.807, 2.05) is 6.07 Å². The summed E-state index contributed by atoms with van der Waals surface area (Å²) in [5, 5.41) is 6.27. The molecule has 1 atom stereocenters. The minimum Gasteiger partial charge on any atom is -0.465 e. The molecule has 2 N–H and O–H groups in total. The Balaban J connectivity index is 1.62. The number of nitrogens with one attached hydrogen (secondary N) is 2. The van der Waals surface area contributed by atoms with Crippen molar-refractivity contribution in [3.63, 3.8) is 0 Å². The fourth-order valence-electron chi connectivity index (χ4n) is 2.17. The van der Waals surface area contributed by atoms with Gasteiger partial charge in [0.25, 0.3) is 0 Å². The molecule has 0 spiro atoms. The zero-order valence-electron chi connectivity index (χ0n) is 10.5. The number of rotatable bonds is 5. The quantitative estimate of drug-likeness (QED) is 0.781. The molecule has 0 saturated carbocycles. The molecule has 0 bridgehead atoms. The zero-order chi connectivity index (χ0) is 12.6. The summed E-state index contributed by atoms with van der Waals surface area (Å²) < 4.78 is 5.11. The molecule has 1 saturated heterocycles. The highest BCUT2D eigenvalue weighted by Crippen LogP contribution is 2.12. The molecular weight excluding hydrogens is 228 g/mol. The predicted octanol–water partition coefficient (Wildman–Crippen LogP) is 1.80. The molecule has 4 nitrogen and oxygen atoms in total. The Bertz CT molecular complexity index is 379. The molecule has 0 aromatic carbocycles. The van der Waals surface area contributed by atoms with Gasteiger partial charge in [-0.1, -0.05) is 0 Å². The lowest BCUT2D eigenvalue weighted by molar-refractivity contribution is -0.116. The molecule has 0 aliphatic carbocycles. The molecule has 1 fully saturated rings. The van der Waals surface area contributed by atoms with E-state index in [-0.39, 0.29) is 5.91 Å². The van der Waals surface area contributed by atoms with Gasteiger partial charge in [-0.2, -0.15) is 0 Å². The van der Waals surface area contributed by atoms with Crippen LogP contribution in [0.2, 0.25) is 0 Å². The van der Waals surface area contributed by atoms with Crippen LogP contribution in [0.1, 0.15) is 25.0 Å². The first-order valence-corrected chi connectivity index (χ1v) is 6.55. The highest BCUT2D eigenvalue weighted by Gasteiger charge is 2.12. The average molecular weight is 248 g/mol. The van der Waals surface area contributed by atoms with Gasteiger partial charge < -0.3 is 15.1 Å². The zero-order valence-corrected chi connectivity index (χ0v) is 10.5. The third-order valence-corrected chi connectivity index (χ3v) is 3.19. The normalized spacial score (nSPS) is 20.1. The van der Waals surface area contributed by atoms with Crippen molar-refractivity contribution in [2.75, 3.05) is 19.6 Å². The third-order valence-electron chi connectivity index (χ3n) is 3.19. The smallest absolute Gasteiger partial charge is 0.244 e. The Kier molecular flexibility index (Phi) is 5.02. The summed E-state index contributed by atoms with van der Waals surface area (Å²) in [6.07, 6.45) is 8.35. The summed E-state index contributed by atoms with van der Waals surface area (Å²) in [6, 6.07) is 3.62. The summed E-state index contributed by atoms with van der Waals surface area (Å²) in [7, 11) is 0. The van der Waals surface area contributed by atoms with E-state index in [1.54, 1.807) is 18.4 Å². The Labute approximate surface area is 107 Å². The number of piperidine rings is 1. The first kappa shape index (κ1) is 12.9. The first-order chi connectivity index (χ1) is 8.84. The standard InChI is InChI=1S/C14H20N2O2/c17-14(6-5-13-4-2-10-18-13)16-9-7-12-3-1-8-15-11-12/h2,4-6,10,12,15H,1,3,7-9,11H2,(H,16,17)/b6-5+. The van der Waals surface area contributed by atoms with Crippen LogP contribution in [0.4, 0.5) is 0 Å². The van der Waals surface area contributed by atoms with Gasteiger partial charge in [-0.05, 0) is 56.5 Å². The van der Waals surface area contributed by atoms with Crippen LogP contribution in [-0.2, 0) is 4.79 Å². The average Bonchev–Trinajstić information content (AvgIpc) is 2.91. The molecule has 1 amide bonds. The number of furan rings is 1. The van der Waals surface area contributed by atoms with Crippen LogP contribution in [0.3, 0.4) is 0 Å². The van der Waals surface area contributed by atoms with Gasteiger partial charge in [0.15, 0.2) is 0 Å². The van der Waals surface area contributed by atoms with Gasteiger partial charge in [0.1, 0.15) is 5.76 Å². The van der Waals surface area contributed by atoms with Gasteiger partial charge in [-0.3, -0.25) is 4.79 Å². The number of hydrogen-bond donors (Lipinski definition) is 2. The second kappa shape index (κ2) is 7.01. The molecule has 4 heteroatoms. The van der Waals surface area contributed by atoms with Crippen molar-refractivity contribution in [3.8, 4) is 0 Å². The summed E-state index contributed by atoms with van der Waals surface area (Å²) in [6.45, 7) is 2.96. The molecule has 0 radical (unpaired) electrons. The van der Waals surface area contributed by atoms with Crippen molar-refractivity contribution in [1.29, 1.82) is 0 Å². The molecule has 1 aromatic rings. The van der Waals surface area contributed by atoms with E-state index in [0.29, 0.717) is 11.7 Å². The van der Waals surface area contributed by atoms with Gasteiger partial charge in [0.05, 0.1) is 6.26 Å². The minimum atomic E-state index is -0.0600. The van der Waals surface area contributed by atoms with Gasteiger partial charge in [-0.15, -0.1) is 0 Å². The SMILES string of the molecule is O=C(/C=C/c1ccco1)NCCC1CCCNC1. The largest absolute Gasteiger partial charge is 0.465 e. The van der Waals surface area contributed by atoms with E-state index >= 15 is 0 Å². The van der Waals surface area contributed by atoms with E-state index in [0.717, 1.165) is 26.1 Å². The summed E-state index contributed by atoms with van der Waals surface area (Å²) in [5.41, 5.74) is 0. The van der Waals surface area contributed by atoms with Crippen molar-refractivity contribution in [2.24, 2.45) is 5.92 Å². The van der Waals surface area contributed by atoms with Crippen LogP contribution in [0, 0.1) is 5.92 Å². The molecule has 1 aliphatic heterocycles. The Morgan fingerprint density at radius 1 is 1.61 bits per heavy atom. The van der Waals surface area contributed by atoms with Crippen LogP contribution in [0.25, 0.3) is 6.08 Å². The number of amides is 1. The van der Waals surface area contributed by atoms with Crippen LogP contribution < -0.4 is 10.6 Å². The maximum absolute atomic E-state index is 11.5. The van der Waals surface area contributed by atoms with E-state index in [4.69, 9.17) is 4.42 Å². The van der Waals surface area contributed by atoms with Crippen LogP contribution in [0.5, 0.6) is 0 Å². The minimum absolute atomic E-state index is 0.0600. The van der Waals surface area contributed by atoms with Crippen molar-refractivity contribution >= 4 is 12.0 Å². The maximum atomic E-state index is 11.5. The summed E-state index contributed by atoms with van der Waals surface area (Å²) in [5.74, 6) is 1.34. The monoisotopic (exact) mass is 248 g/mol. The molecule has 1 aromatic heterocycles. The molecule has 1 aliphatic rings. The molecule has 2 rings (SSSR count). The van der Waals surface area contributed by atoms with Crippen molar-refractivity contribution in [3.05, 3.63) is 30.2 Å². The molecule has 1 unspecified atom stereocenters. The molecular formula is C14H20N2O2. The molecule has 98 valence electrons. The van der Waals surface area contributed by atoms with Crippen LogP contribution in [0.15, 0.2) is 28.9 Å². The van der Waals surface area contributed by atoms with Gasteiger partial charge >= 0.3 is 0 Å². The van der Waals surface area contributed by atoms with E-state index < -0.39 is 0 Å². The third kappa shape index (κ3) is 4.37. The first-order valence-electron chi connectivity index (χ1n) is 6.55. The number of carbonyl (C=O) groups is 1. The Morgan fingerprint density at radius 3 is 3.28 bits per heavy atom. The van der Waals surface area contributed by atoms with Crippen LogP contribution >= 0.6 is 0 Å². The topological polar surface area (TPSA) is 54.3 Å². The summed E-state index contributed by atoms with van der Waals surface area (Å²) in [4.78, 5) is 11.5. The second-order valence-corrected chi connectivity index (χ2v) is 4.64. The number of hydrogen-bond acceptors (Lipinski definition) is 3. The van der Waals surface area contributed by atoms with E-state index in [9.17, 15) is 4.79 Å². The van der Waals surface area contributed by atoms with Gasteiger partial charge in [0.2, 0.25) is 5.91 Å². The lowest BCUT2D eigenvalue weighted by Gasteiger charge is -2.22. The Morgan fingerprint density at radius 2 is 2.56 bits per heavy atom. The lowest BCUT2D eigenvalue weighted by atomic mass is 9.96. The van der Waals surface area contributed by atoms with Gasteiger partial charge in [0, 0.05) is 12.6 Å². The fraction of sp³-hybridized carbons (Fsp3) is 0.500. The predicted molar refractivity (Wildman–Crippen MR) is 71.0 cm³/mol. The maximum Gasteiger partial charge on any atom is 0.244 e. The van der Waals surface area contributed by atoms with Crippen molar-refractivity contribution in [2.45, 2.75) is 19.3 Å². The fourth-order valence-corrected chi connectivity index (χ4v) is 2.17. The highest BCUT2D eigenvalue weighted by molar-refractivity contribution is 5.91. The van der Waals surface area contributed by atoms with E-state index in [2.05, 4.69) is 10.6 Å².